The molecule has 3 heterocycles. The van der Waals surface area contributed by atoms with Crippen LogP contribution in [-0.4, -0.2) is 54.5 Å². The third-order valence-corrected chi connectivity index (χ3v) is 6.80. The number of benzene rings is 2. The van der Waals surface area contributed by atoms with Crippen LogP contribution < -0.4 is 15.1 Å². The van der Waals surface area contributed by atoms with Crippen LogP contribution in [0.1, 0.15) is 19.4 Å². The van der Waals surface area contributed by atoms with Crippen LogP contribution in [0.2, 0.25) is 0 Å². The Labute approximate surface area is 181 Å². The first-order valence-corrected chi connectivity index (χ1v) is 10.8. The standard InChI is InChI=1S/C24H26N4O3/c1-16(2)28-22(30)24(21(29)25-23(28)31)14-17-8-6-7-11-19(17)27-13-12-26(15-20(24)27)18-9-4-3-5-10-18/h3-11,16,20H,12-15H2,1-2H3,(H,25,29,31). The van der Waals surface area contributed by atoms with Gasteiger partial charge >= 0.3 is 6.03 Å². The number of carbonyl (C=O) groups excluding carboxylic acids is 3. The highest BCUT2D eigenvalue weighted by Gasteiger charge is 2.63. The van der Waals surface area contributed by atoms with Crippen LogP contribution in [-0.2, 0) is 16.0 Å². The summed E-state index contributed by atoms with van der Waals surface area (Å²) in [4.78, 5) is 45.5. The molecule has 0 radical (unpaired) electrons. The number of imide groups is 2. The fourth-order valence-electron chi connectivity index (χ4n) is 5.32. The molecule has 3 aliphatic rings. The number of nitrogens with one attached hydrogen (secondary N) is 1. The van der Waals surface area contributed by atoms with Gasteiger partial charge in [-0.25, -0.2) is 4.79 Å². The number of urea groups is 1. The molecule has 2 atom stereocenters. The van der Waals surface area contributed by atoms with E-state index in [0.717, 1.165) is 23.5 Å². The average molecular weight is 418 g/mol. The summed E-state index contributed by atoms with van der Waals surface area (Å²) in [7, 11) is 0. The summed E-state index contributed by atoms with van der Waals surface area (Å²) >= 11 is 0. The predicted octanol–water partition coefficient (Wildman–Crippen LogP) is 2.41. The highest BCUT2D eigenvalue weighted by atomic mass is 16.2. The lowest BCUT2D eigenvalue weighted by atomic mass is 9.67. The molecule has 1 N–H and O–H groups in total. The predicted molar refractivity (Wildman–Crippen MR) is 118 cm³/mol. The van der Waals surface area contributed by atoms with Crippen LogP contribution >= 0.6 is 0 Å². The molecular weight excluding hydrogens is 392 g/mol. The van der Waals surface area contributed by atoms with Crippen molar-refractivity contribution in [2.75, 3.05) is 29.4 Å². The van der Waals surface area contributed by atoms with E-state index >= 15 is 0 Å². The second-order valence-corrected chi connectivity index (χ2v) is 8.80. The van der Waals surface area contributed by atoms with Crippen molar-refractivity contribution in [2.45, 2.75) is 32.4 Å². The van der Waals surface area contributed by atoms with Gasteiger partial charge in [-0.15, -0.1) is 0 Å². The minimum atomic E-state index is -1.35. The maximum absolute atomic E-state index is 13.9. The van der Waals surface area contributed by atoms with E-state index in [9.17, 15) is 14.4 Å². The lowest BCUT2D eigenvalue weighted by molar-refractivity contribution is -0.154. The van der Waals surface area contributed by atoms with E-state index in [2.05, 4.69) is 21.2 Å². The van der Waals surface area contributed by atoms with Crippen LogP contribution in [0.3, 0.4) is 0 Å². The molecule has 2 saturated heterocycles. The SMILES string of the molecule is CC(C)N1C(=O)NC(=O)C2(Cc3ccccc3N3CCN(c4ccccc4)CC32)C1=O. The number of fused-ring (bicyclic) bond motifs is 4. The highest BCUT2D eigenvalue weighted by Crippen LogP contribution is 2.46. The van der Waals surface area contributed by atoms with Crippen molar-refractivity contribution < 1.29 is 14.4 Å². The number of hydrogen-bond acceptors (Lipinski definition) is 5. The summed E-state index contributed by atoms with van der Waals surface area (Å²) in [6, 6.07) is 16.7. The Balaban J connectivity index is 1.64. The Morgan fingerprint density at radius 3 is 2.42 bits per heavy atom. The Kier molecular flexibility index (Phi) is 4.50. The highest BCUT2D eigenvalue weighted by molar-refractivity contribution is 6.20. The molecule has 5 rings (SSSR count). The summed E-state index contributed by atoms with van der Waals surface area (Å²) in [5, 5.41) is 2.50. The van der Waals surface area contributed by atoms with Crippen molar-refractivity contribution in [1.82, 2.24) is 10.2 Å². The molecule has 1 spiro atoms. The molecule has 0 aromatic heterocycles. The lowest BCUT2D eigenvalue weighted by Crippen LogP contribution is -2.75. The van der Waals surface area contributed by atoms with Gasteiger partial charge in [0.1, 0.15) is 0 Å². The van der Waals surface area contributed by atoms with Crippen molar-refractivity contribution in [3.8, 4) is 0 Å². The van der Waals surface area contributed by atoms with Gasteiger partial charge in [0.05, 0.1) is 6.04 Å². The molecule has 31 heavy (non-hydrogen) atoms. The van der Waals surface area contributed by atoms with Gasteiger partial charge in [0.2, 0.25) is 11.8 Å². The largest absolute Gasteiger partial charge is 0.368 e. The second kappa shape index (κ2) is 7.11. The van der Waals surface area contributed by atoms with Crippen molar-refractivity contribution in [3.63, 3.8) is 0 Å². The molecule has 2 aromatic carbocycles. The maximum atomic E-state index is 13.9. The van der Waals surface area contributed by atoms with Crippen molar-refractivity contribution in [1.29, 1.82) is 0 Å². The first-order chi connectivity index (χ1) is 14.9. The zero-order valence-electron chi connectivity index (χ0n) is 17.7. The van der Waals surface area contributed by atoms with Gasteiger partial charge in [0.25, 0.3) is 0 Å². The van der Waals surface area contributed by atoms with E-state index in [0.29, 0.717) is 13.1 Å². The number of para-hydroxylation sites is 2. The number of nitrogens with zero attached hydrogens (tertiary/aromatic N) is 3. The van der Waals surface area contributed by atoms with Gasteiger partial charge in [0.15, 0.2) is 5.41 Å². The molecule has 7 nitrogen and oxygen atoms in total. The smallest absolute Gasteiger partial charge is 0.331 e. The van der Waals surface area contributed by atoms with Crippen LogP contribution in [0.15, 0.2) is 54.6 Å². The molecule has 2 unspecified atom stereocenters. The number of piperazine rings is 1. The summed E-state index contributed by atoms with van der Waals surface area (Å²) in [5.41, 5.74) is 1.75. The number of rotatable bonds is 2. The third kappa shape index (κ3) is 2.83. The molecule has 0 saturated carbocycles. The third-order valence-electron chi connectivity index (χ3n) is 6.80. The molecular formula is C24H26N4O3. The van der Waals surface area contributed by atoms with E-state index < -0.39 is 23.3 Å². The van der Waals surface area contributed by atoms with Gasteiger partial charge < -0.3 is 9.80 Å². The zero-order chi connectivity index (χ0) is 21.8. The molecule has 2 aromatic rings. The van der Waals surface area contributed by atoms with Crippen LogP contribution in [0.4, 0.5) is 16.2 Å². The summed E-state index contributed by atoms with van der Waals surface area (Å²) in [5.74, 6) is -0.880. The number of amides is 4. The van der Waals surface area contributed by atoms with E-state index in [-0.39, 0.29) is 18.5 Å². The topological polar surface area (TPSA) is 73.0 Å². The van der Waals surface area contributed by atoms with Crippen molar-refractivity contribution in [3.05, 3.63) is 60.2 Å². The van der Waals surface area contributed by atoms with E-state index in [1.165, 1.54) is 4.90 Å². The van der Waals surface area contributed by atoms with Gasteiger partial charge in [-0.1, -0.05) is 36.4 Å². The molecule has 4 amide bonds. The van der Waals surface area contributed by atoms with Gasteiger partial charge in [-0.2, -0.15) is 0 Å². The van der Waals surface area contributed by atoms with Crippen LogP contribution in [0.25, 0.3) is 0 Å². The Hall–Kier alpha value is -3.35. The lowest BCUT2D eigenvalue weighted by Gasteiger charge is -2.56. The molecule has 0 bridgehead atoms. The molecule has 0 aliphatic carbocycles. The monoisotopic (exact) mass is 418 g/mol. The van der Waals surface area contributed by atoms with Gasteiger partial charge in [0, 0.05) is 37.1 Å². The fourth-order valence-corrected chi connectivity index (χ4v) is 5.32. The minimum Gasteiger partial charge on any atom is -0.368 e. The first kappa shape index (κ1) is 19.6. The average Bonchev–Trinajstić information content (AvgIpc) is 2.77. The molecule has 2 fully saturated rings. The van der Waals surface area contributed by atoms with E-state index in [4.69, 9.17) is 0 Å². The van der Waals surface area contributed by atoms with Crippen LogP contribution in [0.5, 0.6) is 0 Å². The minimum absolute atomic E-state index is 0.286. The van der Waals surface area contributed by atoms with Gasteiger partial charge in [-0.05, 0) is 44.0 Å². The molecule has 3 aliphatic heterocycles. The second-order valence-electron chi connectivity index (χ2n) is 8.80. The molecule has 160 valence electrons. The fraction of sp³-hybridized carbons (Fsp3) is 0.375. The molecule has 7 heteroatoms. The number of anilines is 2. The number of barbiturate groups is 1. The summed E-state index contributed by atoms with van der Waals surface area (Å²) in [6.45, 7) is 5.60. The van der Waals surface area contributed by atoms with Gasteiger partial charge in [-0.3, -0.25) is 19.8 Å². The van der Waals surface area contributed by atoms with E-state index in [1.54, 1.807) is 13.8 Å². The maximum Gasteiger partial charge on any atom is 0.331 e. The summed E-state index contributed by atoms with van der Waals surface area (Å²) < 4.78 is 0. The quantitative estimate of drug-likeness (QED) is 0.759. The Morgan fingerprint density at radius 1 is 0.968 bits per heavy atom. The Morgan fingerprint density at radius 2 is 1.68 bits per heavy atom. The summed E-state index contributed by atoms with van der Waals surface area (Å²) in [6.07, 6.45) is 0.286. The van der Waals surface area contributed by atoms with E-state index in [1.807, 2.05) is 48.5 Å². The zero-order valence-corrected chi connectivity index (χ0v) is 17.7. The van der Waals surface area contributed by atoms with Crippen LogP contribution in [0, 0.1) is 5.41 Å². The first-order valence-electron chi connectivity index (χ1n) is 10.8. The Bertz CT molecular complexity index is 1050. The van der Waals surface area contributed by atoms with Crippen molar-refractivity contribution >= 4 is 29.2 Å². The number of carbonyl (C=O) groups is 3. The normalized spacial score (nSPS) is 25.6. The number of hydrogen-bond donors (Lipinski definition) is 1. The van der Waals surface area contributed by atoms with Crippen molar-refractivity contribution in [2.24, 2.45) is 5.41 Å².